The number of pyridine rings is 1. The molecule has 3 aromatic rings. The maximum Gasteiger partial charge on any atom is 0.250 e. The molecular formula is C21H21N3O2. The third kappa shape index (κ3) is 2.46. The van der Waals surface area contributed by atoms with Crippen LogP contribution in [-0.4, -0.2) is 33.4 Å². The first kappa shape index (κ1) is 15.4. The number of nitrogens with zero attached hydrogens (tertiary/aromatic N) is 2. The average Bonchev–Trinajstić information content (AvgIpc) is 3.05. The van der Waals surface area contributed by atoms with Gasteiger partial charge in [-0.15, -0.1) is 0 Å². The normalized spacial score (nSPS) is 21.6. The second-order valence-corrected chi connectivity index (χ2v) is 7.53. The Kier molecular flexibility index (Phi) is 3.48. The lowest BCUT2D eigenvalue weighted by Gasteiger charge is -2.42. The number of rotatable bonds is 2. The number of H-pyrrole nitrogens is 1. The van der Waals surface area contributed by atoms with Crippen molar-refractivity contribution in [1.29, 1.82) is 0 Å². The minimum atomic E-state index is 0.0794. The molecule has 5 nitrogen and oxygen atoms in total. The highest BCUT2D eigenvalue weighted by molar-refractivity contribution is 5.89. The molecule has 5 rings (SSSR count). The van der Waals surface area contributed by atoms with Crippen molar-refractivity contribution in [3.8, 4) is 0 Å². The summed E-state index contributed by atoms with van der Waals surface area (Å²) in [5.41, 5.74) is 3.28. The second kappa shape index (κ2) is 5.87. The molecule has 0 saturated carbocycles. The first-order valence-electron chi connectivity index (χ1n) is 9.21. The fourth-order valence-electron chi connectivity index (χ4n) is 4.65. The van der Waals surface area contributed by atoms with Gasteiger partial charge in [0.1, 0.15) is 0 Å². The van der Waals surface area contributed by atoms with E-state index in [1.54, 1.807) is 6.07 Å². The first-order valence-corrected chi connectivity index (χ1v) is 9.21. The summed E-state index contributed by atoms with van der Waals surface area (Å²) in [5, 5.41) is 1.12. The predicted octanol–water partition coefficient (Wildman–Crippen LogP) is 2.52. The van der Waals surface area contributed by atoms with Gasteiger partial charge in [0.15, 0.2) is 0 Å². The number of aromatic nitrogens is 2. The molecule has 0 aliphatic carbocycles. The van der Waals surface area contributed by atoms with Gasteiger partial charge in [-0.25, -0.2) is 0 Å². The van der Waals surface area contributed by atoms with Crippen molar-refractivity contribution in [3.05, 3.63) is 70.3 Å². The second-order valence-electron chi connectivity index (χ2n) is 7.53. The van der Waals surface area contributed by atoms with Gasteiger partial charge >= 0.3 is 0 Å². The number of hydrogen-bond donors (Lipinski definition) is 1. The summed E-state index contributed by atoms with van der Waals surface area (Å²) >= 11 is 0. The number of benzene rings is 1. The molecule has 26 heavy (non-hydrogen) atoms. The van der Waals surface area contributed by atoms with E-state index in [1.807, 2.05) is 46.0 Å². The number of hydrogen-bond acceptors (Lipinski definition) is 2. The smallest absolute Gasteiger partial charge is 0.250 e. The minimum absolute atomic E-state index is 0.0794. The van der Waals surface area contributed by atoms with E-state index in [1.165, 1.54) is 0 Å². The van der Waals surface area contributed by atoms with Crippen LogP contribution in [0.2, 0.25) is 0 Å². The number of carbonyl (C=O) groups excluding carboxylic acids is 1. The molecule has 2 aliphatic heterocycles. The Hall–Kier alpha value is -2.82. The van der Waals surface area contributed by atoms with E-state index in [9.17, 15) is 9.59 Å². The van der Waals surface area contributed by atoms with Crippen LogP contribution in [0.15, 0.2) is 53.5 Å². The highest BCUT2D eigenvalue weighted by Gasteiger charge is 2.36. The molecule has 1 N–H and O–H groups in total. The van der Waals surface area contributed by atoms with Crippen LogP contribution < -0.4 is 5.56 Å². The van der Waals surface area contributed by atoms with Crippen LogP contribution >= 0.6 is 0 Å². The molecule has 2 aromatic heterocycles. The van der Waals surface area contributed by atoms with E-state index in [0.717, 1.165) is 41.7 Å². The van der Waals surface area contributed by atoms with Crippen LogP contribution in [0, 0.1) is 5.92 Å². The van der Waals surface area contributed by atoms with E-state index in [0.29, 0.717) is 18.9 Å². The fraction of sp³-hybridized carbons (Fsp3) is 0.333. The maximum absolute atomic E-state index is 13.0. The zero-order valence-corrected chi connectivity index (χ0v) is 14.5. The summed E-state index contributed by atoms with van der Waals surface area (Å²) < 4.78 is 1.90. The molecule has 1 saturated heterocycles. The minimum Gasteiger partial charge on any atom is -0.361 e. The number of piperidine rings is 1. The Bertz CT molecular complexity index is 1050. The van der Waals surface area contributed by atoms with Gasteiger partial charge in [-0.3, -0.25) is 9.59 Å². The number of amides is 1. The van der Waals surface area contributed by atoms with Crippen molar-refractivity contribution in [2.45, 2.75) is 25.3 Å². The number of carbonyl (C=O) groups is 1. The van der Waals surface area contributed by atoms with Crippen molar-refractivity contribution in [3.63, 3.8) is 0 Å². The van der Waals surface area contributed by atoms with Gasteiger partial charge in [-0.2, -0.15) is 0 Å². The average molecular weight is 347 g/mol. The molecule has 2 atom stereocenters. The predicted molar refractivity (Wildman–Crippen MR) is 100 cm³/mol. The van der Waals surface area contributed by atoms with Crippen LogP contribution in [-0.2, 0) is 17.8 Å². The van der Waals surface area contributed by atoms with Crippen LogP contribution in [0.1, 0.15) is 23.6 Å². The number of para-hydroxylation sites is 1. The van der Waals surface area contributed by atoms with Crippen LogP contribution in [0.3, 0.4) is 0 Å². The van der Waals surface area contributed by atoms with Crippen LogP contribution in [0.5, 0.6) is 0 Å². The number of likely N-dealkylation sites (tertiary alicyclic amines) is 1. The van der Waals surface area contributed by atoms with Gasteiger partial charge in [-0.1, -0.05) is 24.3 Å². The SMILES string of the molecule is O=C(Cc1c[nH]c2ccccc12)N1CC2CC(C1)c1cccc(=O)n1C2. The highest BCUT2D eigenvalue weighted by atomic mass is 16.2. The van der Waals surface area contributed by atoms with E-state index in [-0.39, 0.29) is 17.4 Å². The third-order valence-electron chi connectivity index (χ3n) is 5.85. The molecule has 1 fully saturated rings. The molecule has 132 valence electrons. The Balaban J connectivity index is 1.39. The monoisotopic (exact) mass is 347 g/mol. The van der Waals surface area contributed by atoms with Crippen molar-refractivity contribution >= 4 is 16.8 Å². The largest absolute Gasteiger partial charge is 0.361 e. The van der Waals surface area contributed by atoms with Gasteiger partial charge < -0.3 is 14.5 Å². The van der Waals surface area contributed by atoms with Crippen molar-refractivity contribution in [1.82, 2.24) is 14.5 Å². The fourth-order valence-corrected chi connectivity index (χ4v) is 4.65. The topological polar surface area (TPSA) is 58.1 Å². The summed E-state index contributed by atoms with van der Waals surface area (Å²) in [5.74, 6) is 0.813. The molecule has 2 aliphatic rings. The highest BCUT2D eigenvalue weighted by Crippen LogP contribution is 2.35. The summed E-state index contributed by atoms with van der Waals surface area (Å²) in [4.78, 5) is 30.3. The van der Waals surface area contributed by atoms with Crippen LogP contribution in [0.4, 0.5) is 0 Å². The summed E-state index contributed by atoms with van der Waals surface area (Å²) in [6, 6.07) is 13.6. The van der Waals surface area contributed by atoms with Gasteiger partial charge in [0.25, 0.3) is 5.56 Å². The molecule has 2 bridgehead atoms. The molecular weight excluding hydrogens is 326 g/mol. The molecule has 4 heterocycles. The molecule has 1 aromatic carbocycles. The quantitative estimate of drug-likeness (QED) is 0.774. The lowest BCUT2D eigenvalue weighted by atomic mass is 9.83. The van der Waals surface area contributed by atoms with Crippen LogP contribution in [0.25, 0.3) is 10.9 Å². The standard InChI is InChI=1S/C21H21N3O2/c25-20-7-3-6-19-16-8-14(12-24(19)20)11-23(13-16)21(26)9-15-10-22-18-5-2-1-4-17(15)18/h1-7,10,14,16,22H,8-9,11-13H2. The Labute approximate surface area is 151 Å². The van der Waals surface area contributed by atoms with Gasteiger partial charge in [0.05, 0.1) is 6.42 Å². The lowest BCUT2D eigenvalue weighted by Crippen LogP contribution is -2.49. The zero-order valence-electron chi connectivity index (χ0n) is 14.5. The third-order valence-corrected chi connectivity index (χ3v) is 5.85. The number of aromatic amines is 1. The molecule has 1 amide bonds. The summed E-state index contributed by atoms with van der Waals surface area (Å²) in [6.07, 6.45) is 3.44. The Morgan fingerprint density at radius 2 is 1.96 bits per heavy atom. The van der Waals surface area contributed by atoms with E-state index in [2.05, 4.69) is 11.1 Å². The Morgan fingerprint density at radius 1 is 1.08 bits per heavy atom. The van der Waals surface area contributed by atoms with E-state index in [4.69, 9.17) is 0 Å². The van der Waals surface area contributed by atoms with E-state index >= 15 is 0 Å². The van der Waals surface area contributed by atoms with Crippen molar-refractivity contribution < 1.29 is 4.79 Å². The lowest BCUT2D eigenvalue weighted by molar-refractivity contribution is -0.133. The summed E-state index contributed by atoms with van der Waals surface area (Å²) in [7, 11) is 0. The maximum atomic E-state index is 13.0. The summed E-state index contributed by atoms with van der Waals surface area (Å²) in [6.45, 7) is 2.18. The van der Waals surface area contributed by atoms with E-state index < -0.39 is 0 Å². The Morgan fingerprint density at radius 3 is 2.88 bits per heavy atom. The molecule has 0 spiro atoms. The van der Waals surface area contributed by atoms with Gasteiger partial charge in [0.2, 0.25) is 5.91 Å². The van der Waals surface area contributed by atoms with Crippen molar-refractivity contribution in [2.75, 3.05) is 13.1 Å². The number of nitrogens with one attached hydrogen (secondary N) is 1. The van der Waals surface area contributed by atoms with Crippen molar-refractivity contribution in [2.24, 2.45) is 5.92 Å². The number of fused-ring (bicyclic) bond motifs is 5. The van der Waals surface area contributed by atoms with Gasteiger partial charge in [-0.05, 0) is 30.0 Å². The molecule has 5 heteroatoms. The van der Waals surface area contributed by atoms with Gasteiger partial charge in [0, 0.05) is 54.4 Å². The first-order chi connectivity index (χ1) is 12.7. The molecule has 2 unspecified atom stereocenters. The zero-order chi connectivity index (χ0) is 17.7. The molecule has 0 radical (unpaired) electrons.